The molecule has 2 rings (SSSR count). The fourth-order valence-electron chi connectivity index (χ4n) is 3.84. The van der Waals surface area contributed by atoms with Crippen molar-refractivity contribution in [3.05, 3.63) is 0 Å². The van der Waals surface area contributed by atoms with Crippen LogP contribution in [0.25, 0.3) is 0 Å². The second kappa shape index (κ2) is 6.41. The molecule has 20 heavy (non-hydrogen) atoms. The number of ether oxygens (including phenoxy) is 1. The second-order valence-corrected chi connectivity index (χ2v) is 6.38. The smallest absolute Gasteiger partial charge is 0.323 e. The number of carboxylic acids is 1. The summed E-state index contributed by atoms with van der Waals surface area (Å²) in [6.45, 7) is 8.70. The van der Waals surface area contributed by atoms with Crippen LogP contribution in [0.3, 0.4) is 0 Å². The fourth-order valence-corrected chi connectivity index (χ4v) is 3.84. The van der Waals surface area contributed by atoms with Gasteiger partial charge >= 0.3 is 5.97 Å². The molecule has 0 radical (unpaired) electrons. The van der Waals surface area contributed by atoms with E-state index in [0.717, 1.165) is 32.4 Å². The van der Waals surface area contributed by atoms with Gasteiger partial charge in [-0.15, -0.1) is 0 Å². The van der Waals surface area contributed by atoms with Gasteiger partial charge in [0.05, 0.1) is 12.2 Å². The number of likely N-dealkylation sites (N-methyl/N-ethyl adjacent to an activating group) is 1. The van der Waals surface area contributed by atoms with E-state index in [1.165, 1.54) is 0 Å². The predicted octanol–water partition coefficient (Wildman–Crippen LogP) is 1.47. The summed E-state index contributed by atoms with van der Waals surface area (Å²) >= 11 is 0. The first-order valence-electron chi connectivity index (χ1n) is 7.85. The monoisotopic (exact) mass is 284 g/mol. The van der Waals surface area contributed by atoms with Crippen molar-refractivity contribution in [3.63, 3.8) is 0 Å². The Bertz CT molecular complexity index is 336. The van der Waals surface area contributed by atoms with E-state index >= 15 is 0 Å². The van der Waals surface area contributed by atoms with Gasteiger partial charge in [0.25, 0.3) is 0 Å². The molecule has 0 aromatic heterocycles. The van der Waals surface area contributed by atoms with E-state index in [4.69, 9.17) is 4.74 Å². The molecule has 1 aliphatic carbocycles. The molecule has 1 heterocycles. The third kappa shape index (κ3) is 3.32. The molecule has 5 heteroatoms. The van der Waals surface area contributed by atoms with Crippen molar-refractivity contribution in [2.24, 2.45) is 0 Å². The minimum atomic E-state index is -0.734. The molecule has 0 amide bonds. The Hall–Kier alpha value is -0.650. The van der Waals surface area contributed by atoms with Crippen molar-refractivity contribution in [1.29, 1.82) is 0 Å². The summed E-state index contributed by atoms with van der Waals surface area (Å²) in [5.41, 5.74) is -0.734. The van der Waals surface area contributed by atoms with Crippen molar-refractivity contribution in [2.75, 3.05) is 19.6 Å². The number of carbonyl (C=O) groups is 1. The molecular weight excluding hydrogens is 256 g/mol. The predicted molar refractivity (Wildman–Crippen MR) is 77.9 cm³/mol. The summed E-state index contributed by atoms with van der Waals surface area (Å²) in [6, 6.07) is 0.354. The number of aliphatic carboxylic acids is 1. The summed E-state index contributed by atoms with van der Waals surface area (Å²) < 4.78 is 5.78. The third-order valence-electron chi connectivity index (χ3n) is 4.61. The van der Waals surface area contributed by atoms with Crippen LogP contribution in [0.4, 0.5) is 0 Å². The molecule has 2 fully saturated rings. The quantitative estimate of drug-likeness (QED) is 0.818. The number of nitrogens with one attached hydrogen (secondary N) is 1. The topological polar surface area (TPSA) is 61.8 Å². The minimum absolute atomic E-state index is 0.235. The molecule has 4 atom stereocenters. The number of rotatable bonds is 4. The van der Waals surface area contributed by atoms with E-state index in [0.29, 0.717) is 19.0 Å². The summed E-state index contributed by atoms with van der Waals surface area (Å²) in [4.78, 5) is 14.2. The van der Waals surface area contributed by atoms with Crippen LogP contribution >= 0.6 is 0 Å². The van der Waals surface area contributed by atoms with E-state index in [9.17, 15) is 9.90 Å². The van der Waals surface area contributed by atoms with Gasteiger partial charge in [-0.05, 0) is 46.1 Å². The van der Waals surface area contributed by atoms with Gasteiger partial charge in [-0.1, -0.05) is 6.92 Å². The molecule has 0 aromatic rings. The summed E-state index contributed by atoms with van der Waals surface area (Å²) in [5, 5.41) is 12.9. The number of nitrogens with zero attached hydrogens (tertiary/aromatic N) is 1. The molecule has 5 nitrogen and oxygen atoms in total. The lowest BCUT2D eigenvalue weighted by Gasteiger charge is -2.46. The van der Waals surface area contributed by atoms with E-state index in [1.54, 1.807) is 0 Å². The maximum atomic E-state index is 11.7. The summed E-state index contributed by atoms with van der Waals surface area (Å²) in [5.74, 6) is -0.696. The lowest BCUT2D eigenvalue weighted by molar-refractivity contribution is -0.148. The summed E-state index contributed by atoms with van der Waals surface area (Å²) in [7, 11) is 0. The average Bonchev–Trinajstić information content (AvgIpc) is 2.38. The van der Waals surface area contributed by atoms with Crippen molar-refractivity contribution in [1.82, 2.24) is 10.2 Å². The zero-order valence-corrected chi connectivity index (χ0v) is 12.9. The number of carboxylic acid groups (broad SMARTS) is 1. The Balaban J connectivity index is 2.07. The van der Waals surface area contributed by atoms with Gasteiger partial charge in [-0.2, -0.15) is 0 Å². The van der Waals surface area contributed by atoms with Gasteiger partial charge in [0, 0.05) is 19.1 Å². The maximum Gasteiger partial charge on any atom is 0.323 e. The molecule has 0 bridgehead atoms. The highest BCUT2D eigenvalue weighted by Gasteiger charge is 2.44. The molecule has 1 saturated carbocycles. The van der Waals surface area contributed by atoms with E-state index < -0.39 is 11.5 Å². The number of morpholine rings is 1. The van der Waals surface area contributed by atoms with Crippen LogP contribution < -0.4 is 5.32 Å². The molecule has 1 aliphatic heterocycles. The van der Waals surface area contributed by atoms with Gasteiger partial charge in [0.2, 0.25) is 0 Å². The third-order valence-corrected chi connectivity index (χ3v) is 4.61. The normalized spacial score (nSPS) is 39.6. The zero-order chi connectivity index (χ0) is 14.8. The highest BCUT2D eigenvalue weighted by Crippen LogP contribution is 2.33. The Morgan fingerprint density at radius 3 is 2.60 bits per heavy atom. The first-order valence-corrected chi connectivity index (χ1v) is 7.85. The van der Waals surface area contributed by atoms with Crippen LogP contribution in [0.5, 0.6) is 0 Å². The molecule has 0 spiro atoms. The SMILES string of the molecule is CCNC1(C(=O)O)CCCC(N2CC(C)OC(C)C2)C1. The van der Waals surface area contributed by atoms with Crippen molar-refractivity contribution >= 4 is 5.97 Å². The molecular formula is C15H28N2O3. The molecule has 2 aliphatic rings. The maximum absolute atomic E-state index is 11.7. The van der Waals surface area contributed by atoms with Crippen LogP contribution in [-0.4, -0.2) is 59.4 Å². The van der Waals surface area contributed by atoms with Crippen LogP contribution in [0, 0.1) is 0 Å². The molecule has 116 valence electrons. The second-order valence-electron chi connectivity index (χ2n) is 6.38. The first kappa shape index (κ1) is 15.7. The van der Waals surface area contributed by atoms with Crippen molar-refractivity contribution in [2.45, 2.75) is 70.2 Å². The largest absolute Gasteiger partial charge is 0.480 e. The van der Waals surface area contributed by atoms with Gasteiger partial charge in [0.1, 0.15) is 5.54 Å². The van der Waals surface area contributed by atoms with E-state index in [1.807, 2.05) is 6.92 Å². The molecule has 2 N–H and O–H groups in total. The highest BCUT2D eigenvalue weighted by atomic mass is 16.5. The van der Waals surface area contributed by atoms with Gasteiger partial charge in [-0.3, -0.25) is 9.69 Å². The van der Waals surface area contributed by atoms with Crippen LogP contribution in [0.2, 0.25) is 0 Å². The standard InChI is InChI=1S/C15H28N2O3/c1-4-16-15(14(18)19)7-5-6-13(8-15)17-9-11(2)20-12(3)10-17/h11-13,16H,4-10H2,1-3H3,(H,18,19). The van der Waals surface area contributed by atoms with Crippen molar-refractivity contribution < 1.29 is 14.6 Å². The lowest BCUT2D eigenvalue weighted by Crippen LogP contribution is -2.60. The fraction of sp³-hybridized carbons (Fsp3) is 0.933. The molecule has 4 unspecified atom stereocenters. The Labute approximate surface area is 121 Å². The Kier molecular flexibility index (Phi) is 5.04. The van der Waals surface area contributed by atoms with Crippen LogP contribution in [0.15, 0.2) is 0 Å². The number of hydrogen-bond donors (Lipinski definition) is 2. The van der Waals surface area contributed by atoms with Gasteiger partial charge in [-0.25, -0.2) is 0 Å². The minimum Gasteiger partial charge on any atom is -0.480 e. The van der Waals surface area contributed by atoms with Crippen LogP contribution in [-0.2, 0) is 9.53 Å². The molecule has 0 aromatic carbocycles. The zero-order valence-electron chi connectivity index (χ0n) is 12.9. The first-order chi connectivity index (χ1) is 9.47. The van der Waals surface area contributed by atoms with Crippen molar-refractivity contribution in [3.8, 4) is 0 Å². The Morgan fingerprint density at radius 2 is 2.05 bits per heavy atom. The average molecular weight is 284 g/mol. The van der Waals surface area contributed by atoms with E-state index in [-0.39, 0.29) is 12.2 Å². The number of hydrogen-bond acceptors (Lipinski definition) is 4. The van der Waals surface area contributed by atoms with Gasteiger partial charge < -0.3 is 15.2 Å². The highest BCUT2D eigenvalue weighted by molar-refractivity contribution is 5.79. The molecule has 1 saturated heterocycles. The van der Waals surface area contributed by atoms with E-state index in [2.05, 4.69) is 24.1 Å². The Morgan fingerprint density at radius 1 is 1.40 bits per heavy atom. The lowest BCUT2D eigenvalue weighted by atomic mass is 9.78. The summed E-state index contributed by atoms with van der Waals surface area (Å²) in [6.07, 6.45) is 3.99. The van der Waals surface area contributed by atoms with Gasteiger partial charge in [0.15, 0.2) is 0 Å². The van der Waals surface area contributed by atoms with Crippen LogP contribution in [0.1, 0.15) is 46.5 Å².